The molecule has 0 bridgehead atoms. The molecule has 10 heteroatoms. The van der Waals surface area contributed by atoms with E-state index >= 15 is 0 Å². The van der Waals surface area contributed by atoms with Gasteiger partial charge in [-0.25, -0.2) is 18.4 Å². The van der Waals surface area contributed by atoms with Crippen molar-refractivity contribution in [3.05, 3.63) is 54.1 Å². The second kappa shape index (κ2) is 10.8. The van der Waals surface area contributed by atoms with E-state index in [4.69, 9.17) is 29.3 Å². The Balaban J connectivity index is 1.80. The molecular weight excluding hydrogens is 412 g/mol. The first-order valence-corrected chi connectivity index (χ1v) is 10.2. The van der Waals surface area contributed by atoms with Crippen LogP contribution >= 0.6 is 0 Å². The number of sulfonamides is 1. The van der Waals surface area contributed by atoms with Crippen LogP contribution in [0.15, 0.2) is 53.4 Å². The van der Waals surface area contributed by atoms with Gasteiger partial charge in [-0.2, -0.15) is 5.26 Å². The zero-order chi connectivity index (χ0) is 22.0. The molecule has 2 N–H and O–H groups in total. The molecule has 2 aromatic carbocycles. The van der Waals surface area contributed by atoms with E-state index in [1.807, 2.05) is 6.07 Å². The summed E-state index contributed by atoms with van der Waals surface area (Å²) in [6.07, 6.45) is 2.80. The van der Waals surface area contributed by atoms with Gasteiger partial charge in [-0.15, -0.1) is 0 Å². The normalized spacial score (nSPS) is 11.0. The number of hydrogen-bond donors (Lipinski definition) is 1. The summed E-state index contributed by atoms with van der Waals surface area (Å²) in [7, 11) is -2.29. The van der Waals surface area contributed by atoms with Crippen LogP contribution in [0, 0.1) is 11.3 Å². The summed E-state index contributed by atoms with van der Waals surface area (Å²) in [5, 5.41) is 13.6. The van der Waals surface area contributed by atoms with E-state index < -0.39 is 16.0 Å². The first kappa shape index (κ1) is 22.7. The molecule has 0 aliphatic rings. The summed E-state index contributed by atoms with van der Waals surface area (Å²) in [6.45, 7) is -0.00632. The molecule has 0 radical (unpaired) electrons. The van der Waals surface area contributed by atoms with Gasteiger partial charge in [0, 0.05) is 6.08 Å². The highest BCUT2D eigenvalue weighted by atomic mass is 32.2. The Hall–Kier alpha value is -3.55. The summed E-state index contributed by atoms with van der Waals surface area (Å²) < 4.78 is 43.2. The van der Waals surface area contributed by atoms with Crippen LogP contribution < -0.4 is 19.3 Å². The maximum Gasteiger partial charge on any atom is 0.330 e. The molecule has 0 saturated heterocycles. The fraction of sp³-hybridized carbons (Fsp3) is 0.200. The minimum atomic E-state index is -3.76. The molecule has 0 fully saturated rings. The number of primary sulfonamides is 1. The van der Waals surface area contributed by atoms with Gasteiger partial charge in [-0.1, -0.05) is 6.07 Å². The van der Waals surface area contributed by atoms with E-state index in [-0.39, 0.29) is 24.7 Å². The number of hydrogen-bond acceptors (Lipinski definition) is 8. The molecular formula is C20H20N2O7S. The monoisotopic (exact) mass is 432 g/mol. The number of benzene rings is 2. The minimum absolute atomic E-state index is 0.00434. The van der Waals surface area contributed by atoms with Gasteiger partial charge in [0.1, 0.15) is 25.0 Å². The van der Waals surface area contributed by atoms with Crippen LogP contribution in [0.2, 0.25) is 0 Å². The molecule has 30 heavy (non-hydrogen) atoms. The third-order valence-corrected chi connectivity index (χ3v) is 4.57. The molecule has 0 atom stereocenters. The number of ether oxygens (including phenoxy) is 4. The molecule has 2 aromatic rings. The highest BCUT2D eigenvalue weighted by molar-refractivity contribution is 7.89. The second-order valence-electron chi connectivity index (χ2n) is 5.72. The number of rotatable bonds is 10. The summed E-state index contributed by atoms with van der Waals surface area (Å²) in [6, 6.07) is 12.4. The molecule has 0 heterocycles. The summed E-state index contributed by atoms with van der Waals surface area (Å²) in [5.74, 6) is 0.711. The number of nitrogens with two attached hydrogens (primary N) is 1. The number of methoxy groups -OCH3 is 1. The molecule has 158 valence electrons. The van der Waals surface area contributed by atoms with E-state index in [9.17, 15) is 13.2 Å². The van der Waals surface area contributed by atoms with Crippen molar-refractivity contribution >= 4 is 22.1 Å². The SMILES string of the molecule is COc1cc(/C=C/C(=O)OCCOc2ccc(S(N)(=O)=O)cc2)ccc1OCC#N. The van der Waals surface area contributed by atoms with E-state index in [1.165, 1.54) is 37.5 Å². The summed E-state index contributed by atoms with van der Waals surface area (Å²) >= 11 is 0. The van der Waals surface area contributed by atoms with E-state index in [1.54, 1.807) is 24.3 Å². The zero-order valence-electron chi connectivity index (χ0n) is 16.1. The maximum atomic E-state index is 11.8. The number of nitriles is 1. The van der Waals surface area contributed by atoms with Crippen molar-refractivity contribution in [1.29, 1.82) is 5.26 Å². The first-order valence-electron chi connectivity index (χ1n) is 8.62. The van der Waals surface area contributed by atoms with Crippen molar-refractivity contribution in [2.45, 2.75) is 4.90 Å². The molecule has 0 aromatic heterocycles. The topological polar surface area (TPSA) is 138 Å². The zero-order valence-corrected chi connectivity index (χ0v) is 16.9. The maximum absolute atomic E-state index is 11.8. The lowest BCUT2D eigenvalue weighted by molar-refractivity contribution is -0.138. The van der Waals surface area contributed by atoms with E-state index in [0.29, 0.717) is 22.8 Å². The van der Waals surface area contributed by atoms with Crippen LogP contribution in [0.4, 0.5) is 0 Å². The molecule has 0 saturated carbocycles. The molecule has 0 aliphatic heterocycles. The van der Waals surface area contributed by atoms with Crippen molar-refractivity contribution in [3.63, 3.8) is 0 Å². The first-order chi connectivity index (χ1) is 14.3. The lowest BCUT2D eigenvalue weighted by Crippen LogP contribution is -2.12. The quantitative estimate of drug-likeness (QED) is 0.341. The van der Waals surface area contributed by atoms with Gasteiger partial charge in [0.2, 0.25) is 10.0 Å². The summed E-state index contributed by atoms with van der Waals surface area (Å²) in [4.78, 5) is 11.8. The van der Waals surface area contributed by atoms with Gasteiger partial charge in [0.15, 0.2) is 18.1 Å². The van der Waals surface area contributed by atoms with Crippen molar-refractivity contribution in [3.8, 4) is 23.3 Å². The molecule has 0 unspecified atom stereocenters. The predicted molar refractivity (Wildman–Crippen MR) is 107 cm³/mol. The fourth-order valence-electron chi connectivity index (χ4n) is 2.26. The Morgan fingerprint density at radius 1 is 1.10 bits per heavy atom. The molecule has 9 nitrogen and oxygen atoms in total. The molecule has 0 amide bonds. The largest absolute Gasteiger partial charge is 0.493 e. The standard InChI is InChI=1S/C20H20N2O7S/c1-26-19-14-15(2-8-18(19)28-11-10-21)3-9-20(23)29-13-12-27-16-4-6-17(7-5-16)30(22,24)25/h2-9,14H,11-13H2,1H3,(H2,22,24,25)/b9-3+. The number of esters is 1. The van der Waals surface area contributed by atoms with Gasteiger partial charge in [-0.05, 0) is 48.0 Å². The van der Waals surface area contributed by atoms with Crippen molar-refractivity contribution < 1.29 is 32.2 Å². The van der Waals surface area contributed by atoms with Gasteiger partial charge in [0.25, 0.3) is 0 Å². The van der Waals surface area contributed by atoms with Crippen LogP contribution in [-0.4, -0.2) is 41.3 Å². The van der Waals surface area contributed by atoms with Gasteiger partial charge < -0.3 is 18.9 Å². The van der Waals surface area contributed by atoms with Crippen molar-refractivity contribution in [2.24, 2.45) is 5.14 Å². The predicted octanol–water partition coefficient (Wildman–Crippen LogP) is 1.88. The fourth-order valence-corrected chi connectivity index (χ4v) is 2.77. The average Bonchev–Trinajstić information content (AvgIpc) is 2.73. The summed E-state index contributed by atoms with van der Waals surface area (Å²) in [5.41, 5.74) is 0.680. The Labute approximate surface area is 174 Å². The third-order valence-electron chi connectivity index (χ3n) is 3.64. The van der Waals surface area contributed by atoms with Crippen LogP contribution in [-0.2, 0) is 19.6 Å². The Morgan fingerprint density at radius 2 is 1.83 bits per heavy atom. The van der Waals surface area contributed by atoms with Gasteiger partial charge in [-0.3, -0.25) is 0 Å². The second-order valence-corrected chi connectivity index (χ2v) is 7.28. The average molecular weight is 432 g/mol. The van der Waals surface area contributed by atoms with Crippen molar-refractivity contribution in [2.75, 3.05) is 26.9 Å². The lowest BCUT2D eigenvalue weighted by Gasteiger charge is -2.09. The van der Waals surface area contributed by atoms with E-state index in [2.05, 4.69) is 0 Å². The van der Waals surface area contributed by atoms with Crippen LogP contribution in [0.1, 0.15) is 5.56 Å². The highest BCUT2D eigenvalue weighted by Gasteiger charge is 2.07. The Morgan fingerprint density at radius 3 is 2.47 bits per heavy atom. The Bertz CT molecular complexity index is 1040. The Kier molecular flexibility index (Phi) is 8.22. The van der Waals surface area contributed by atoms with E-state index in [0.717, 1.165) is 0 Å². The number of nitrogens with zero attached hydrogens (tertiary/aromatic N) is 1. The third kappa shape index (κ3) is 7.12. The number of carbonyl (C=O) groups excluding carboxylic acids is 1. The molecule has 0 spiro atoms. The van der Waals surface area contributed by atoms with Gasteiger partial charge >= 0.3 is 5.97 Å². The van der Waals surface area contributed by atoms with Crippen LogP contribution in [0.5, 0.6) is 17.2 Å². The number of carbonyl (C=O) groups is 1. The minimum Gasteiger partial charge on any atom is -0.493 e. The van der Waals surface area contributed by atoms with Crippen LogP contribution in [0.3, 0.4) is 0 Å². The highest BCUT2D eigenvalue weighted by Crippen LogP contribution is 2.28. The van der Waals surface area contributed by atoms with Crippen molar-refractivity contribution in [1.82, 2.24) is 0 Å². The molecule has 0 aliphatic carbocycles. The molecule has 2 rings (SSSR count). The lowest BCUT2D eigenvalue weighted by atomic mass is 10.2. The smallest absolute Gasteiger partial charge is 0.330 e. The van der Waals surface area contributed by atoms with Gasteiger partial charge in [0.05, 0.1) is 12.0 Å². The van der Waals surface area contributed by atoms with Crippen LogP contribution in [0.25, 0.3) is 6.08 Å².